The first-order chi connectivity index (χ1) is 17.1. The molecule has 0 aliphatic carbocycles. The molecule has 7 heteroatoms. The first kappa shape index (κ1) is 24.9. The lowest BCUT2D eigenvalue weighted by molar-refractivity contribution is -0.136. The van der Waals surface area contributed by atoms with E-state index in [4.69, 9.17) is 19.3 Å². The number of benzene rings is 3. The maximum absolute atomic E-state index is 13.1. The average molecular weight is 488 g/mol. The first-order valence-electron chi connectivity index (χ1n) is 11.6. The Morgan fingerprint density at radius 3 is 2.14 bits per heavy atom. The zero-order valence-electron chi connectivity index (χ0n) is 20.8. The molecular formula is C29H29NO6. The van der Waals surface area contributed by atoms with Crippen LogP contribution in [0.2, 0.25) is 0 Å². The molecule has 0 spiro atoms. The molecule has 36 heavy (non-hydrogen) atoms. The number of carboxylic acids is 1. The van der Waals surface area contributed by atoms with Gasteiger partial charge in [-0.05, 0) is 67.8 Å². The van der Waals surface area contributed by atoms with Gasteiger partial charge in [-0.15, -0.1) is 0 Å². The summed E-state index contributed by atoms with van der Waals surface area (Å²) in [6.07, 6.45) is -0.482. The van der Waals surface area contributed by atoms with Gasteiger partial charge in [0.1, 0.15) is 23.7 Å². The van der Waals surface area contributed by atoms with Crippen molar-refractivity contribution in [2.75, 3.05) is 7.11 Å². The van der Waals surface area contributed by atoms with Gasteiger partial charge in [-0.3, -0.25) is 4.79 Å². The highest BCUT2D eigenvalue weighted by Gasteiger charge is 2.23. The van der Waals surface area contributed by atoms with Gasteiger partial charge in [0, 0.05) is 5.39 Å². The first-order valence-corrected chi connectivity index (χ1v) is 11.6. The van der Waals surface area contributed by atoms with Crippen LogP contribution < -0.4 is 9.47 Å². The van der Waals surface area contributed by atoms with Crippen molar-refractivity contribution in [3.63, 3.8) is 0 Å². The van der Waals surface area contributed by atoms with Crippen LogP contribution in [-0.4, -0.2) is 34.4 Å². The van der Waals surface area contributed by atoms with E-state index in [-0.39, 0.29) is 13.0 Å². The van der Waals surface area contributed by atoms with Crippen LogP contribution in [0.15, 0.2) is 72.8 Å². The fourth-order valence-electron chi connectivity index (χ4n) is 3.96. The summed E-state index contributed by atoms with van der Waals surface area (Å²) in [6, 6.07) is 22.5. The second kappa shape index (κ2) is 10.2. The van der Waals surface area contributed by atoms with Gasteiger partial charge in [0.05, 0.1) is 24.7 Å². The van der Waals surface area contributed by atoms with Crippen LogP contribution in [0.25, 0.3) is 22.0 Å². The summed E-state index contributed by atoms with van der Waals surface area (Å²) in [5, 5.41) is 9.73. The number of fused-ring (bicyclic) bond motifs is 1. The minimum absolute atomic E-state index is 0.00103. The lowest BCUT2D eigenvalue weighted by atomic mass is 10.0. The third kappa shape index (κ3) is 5.68. The van der Waals surface area contributed by atoms with Crippen LogP contribution >= 0.6 is 0 Å². The van der Waals surface area contributed by atoms with Crippen LogP contribution in [0, 0.1) is 0 Å². The number of aromatic nitrogens is 1. The number of rotatable bonds is 7. The minimum atomic E-state index is -0.853. The fraction of sp³-hybridized carbons (Fsp3) is 0.241. The number of ether oxygens (including phenoxy) is 3. The maximum atomic E-state index is 13.1. The van der Waals surface area contributed by atoms with Gasteiger partial charge in [-0.25, -0.2) is 9.36 Å². The summed E-state index contributed by atoms with van der Waals surface area (Å²) < 4.78 is 18.7. The molecule has 4 aromatic rings. The Morgan fingerprint density at radius 2 is 1.56 bits per heavy atom. The highest BCUT2D eigenvalue weighted by molar-refractivity contribution is 5.94. The average Bonchev–Trinajstić information content (AvgIpc) is 3.21. The van der Waals surface area contributed by atoms with Crippen molar-refractivity contribution in [3.05, 3.63) is 84.1 Å². The van der Waals surface area contributed by atoms with Crippen molar-refractivity contribution in [1.82, 2.24) is 4.57 Å². The Labute approximate surface area is 209 Å². The zero-order chi connectivity index (χ0) is 25.9. The second-order valence-electron chi connectivity index (χ2n) is 9.42. The van der Waals surface area contributed by atoms with Gasteiger partial charge < -0.3 is 19.3 Å². The number of methoxy groups -OCH3 is 1. The van der Waals surface area contributed by atoms with Crippen molar-refractivity contribution in [3.8, 4) is 22.6 Å². The van der Waals surface area contributed by atoms with Crippen LogP contribution in [0.5, 0.6) is 11.5 Å². The molecule has 0 unspecified atom stereocenters. The van der Waals surface area contributed by atoms with Crippen molar-refractivity contribution >= 4 is 23.0 Å². The molecule has 0 radical (unpaired) electrons. The predicted molar refractivity (Wildman–Crippen MR) is 138 cm³/mol. The predicted octanol–water partition coefficient (Wildman–Crippen LogP) is 6.31. The SMILES string of the molecule is COc1cccc2c1cc(COc1ccc(-c3ccc(CC(=O)O)cc3)cc1)n2C(=O)OC(C)(C)C. The smallest absolute Gasteiger partial charge is 0.419 e. The number of carboxylic acid groups (broad SMARTS) is 1. The summed E-state index contributed by atoms with van der Waals surface area (Å²) in [5.74, 6) is 0.456. The number of nitrogens with zero attached hydrogens (tertiary/aromatic N) is 1. The molecule has 1 N–H and O–H groups in total. The maximum Gasteiger partial charge on any atom is 0.419 e. The highest BCUT2D eigenvalue weighted by Crippen LogP contribution is 2.31. The lowest BCUT2D eigenvalue weighted by Gasteiger charge is -2.21. The van der Waals surface area contributed by atoms with E-state index in [1.165, 1.54) is 4.57 Å². The van der Waals surface area contributed by atoms with Crippen molar-refractivity contribution in [2.45, 2.75) is 39.4 Å². The molecule has 1 heterocycles. The van der Waals surface area contributed by atoms with Crippen LogP contribution in [0.4, 0.5) is 4.79 Å². The number of hydrogen-bond acceptors (Lipinski definition) is 5. The fourth-order valence-corrected chi connectivity index (χ4v) is 3.96. The molecule has 0 saturated heterocycles. The summed E-state index contributed by atoms with van der Waals surface area (Å²) >= 11 is 0. The van der Waals surface area contributed by atoms with E-state index in [1.807, 2.05) is 93.6 Å². The molecule has 0 aliphatic rings. The van der Waals surface area contributed by atoms with Crippen molar-refractivity contribution in [2.24, 2.45) is 0 Å². The normalized spacial score (nSPS) is 11.3. The van der Waals surface area contributed by atoms with Gasteiger partial charge >= 0.3 is 12.1 Å². The third-order valence-electron chi connectivity index (χ3n) is 5.56. The van der Waals surface area contributed by atoms with E-state index in [0.717, 1.165) is 22.1 Å². The summed E-state index contributed by atoms with van der Waals surface area (Å²) in [5.41, 5.74) is 3.39. The van der Waals surface area contributed by atoms with Crippen molar-refractivity contribution in [1.29, 1.82) is 0 Å². The van der Waals surface area contributed by atoms with Gasteiger partial charge in [0.2, 0.25) is 0 Å². The van der Waals surface area contributed by atoms with Gasteiger partial charge in [-0.2, -0.15) is 0 Å². The number of aliphatic carboxylic acids is 1. The Bertz CT molecular complexity index is 1380. The lowest BCUT2D eigenvalue weighted by Crippen LogP contribution is -2.28. The van der Waals surface area contributed by atoms with E-state index < -0.39 is 17.7 Å². The van der Waals surface area contributed by atoms with E-state index in [9.17, 15) is 9.59 Å². The quantitative estimate of drug-likeness (QED) is 0.329. The van der Waals surface area contributed by atoms with Crippen LogP contribution in [-0.2, 0) is 22.6 Å². The molecule has 3 aromatic carbocycles. The summed E-state index contributed by atoms with van der Waals surface area (Å²) in [4.78, 5) is 23.9. The van der Waals surface area contributed by atoms with E-state index in [0.29, 0.717) is 22.7 Å². The van der Waals surface area contributed by atoms with Gasteiger partial charge in [0.15, 0.2) is 0 Å². The molecule has 7 nitrogen and oxygen atoms in total. The Hall–Kier alpha value is -4.26. The third-order valence-corrected chi connectivity index (χ3v) is 5.56. The summed E-state index contributed by atoms with van der Waals surface area (Å²) in [7, 11) is 1.59. The second-order valence-corrected chi connectivity index (χ2v) is 9.42. The van der Waals surface area contributed by atoms with Crippen LogP contribution in [0.3, 0.4) is 0 Å². The molecule has 186 valence electrons. The molecule has 4 rings (SSSR count). The number of hydrogen-bond donors (Lipinski definition) is 1. The van der Waals surface area contributed by atoms with Crippen LogP contribution in [0.1, 0.15) is 32.0 Å². The van der Waals surface area contributed by atoms with Crippen molar-refractivity contribution < 1.29 is 28.9 Å². The molecule has 0 saturated carbocycles. The zero-order valence-corrected chi connectivity index (χ0v) is 20.8. The standard InChI is InChI=1S/C29H29NO6/c1-29(2,3)36-28(33)30-22(17-24-25(30)6-5-7-26(24)34-4)18-35-23-14-12-21(13-15-23)20-10-8-19(9-11-20)16-27(31)32/h5-15,17H,16,18H2,1-4H3,(H,31,32). The topological polar surface area (TPSA) is 87.0 Å². The van der Waals surface area contributed by atoms with E-state index in [1.54, 1.807) is 7.11 Å². The Kier molecular flexibility index (Phi) is 7.01. The van der Waals surface area contributed by atoms with E-state index >= 15 is 0 Å². The highest BCUT2D eigenvalue weighted by atomic mass is 16.6. The summed E-state index contributed by atoms with van der Waals surface area (Å²) in [6.45, 7) is 5.64. The molecule has 0 bridgehead atoms. The monoisotopic (exact) mass is 487 g/mol. The molecule has 1 aromatic heterocycles. The Balaban J connectivity index is 1.55. The number of carbonyl (C=O) groups is 2. The molecular weight excluding hydrogens is 458 g/mol. The molecule has 0 atom stereocenters. The van der Waals surface area contributed by atoms with Gasteiger partial charge in [-0.1, -0.05) is 42.5 Å². The minimum Gasteiger partial charge on any atom is -0.496 e. The largest absolute Gasteiger partial charge is 0.496 e. The molecule has 0 fully saturated rings. The van der Waals surface area contributed by atoms with E-state index in [2.05, 4.69) is 0 Å². The molecule has 0 aliphatic heterocycles. The van der Waals surface area contributed by atoms with Gasteiger partial charge in [0.25, 0.3) is 0 Å². The Morgan fingerprint density at radius 1 is 0.917 bits per heavy atom. The number of carbonyl (C=O) groups excluding carboxylic acids is 1. The molecule has 0 amide bonds.